The van der Waals surface area contributed by atoms with E-state index in [1.165, 1.54) is 3.57 Å². The van der Waals surface area contributed by atoms with E-state index in [1.807, 2.05) is 19.3 Å². The predicted molar refractivity (Wildman–Crippen MR) is 82.3 cm³/mol. The van der Waals surface area contributed by atoms with Crippen molar-refractivity contribution >= 4 is 44.2 Å². The number of hydrogen-bond donors (Lipinski definition) is 1. The molecule has 1 aromatic carbocycles. The van der Waals surface area contributed by atoms with Gasteiger partial charge in [-0.15, -0.1) is 0 Å². The summed E-state index contributed by atoms with van der Waals surface area (Å²) in [7, 11) is 0. The molecule has 1 aromatic heterocycles. The van der Waals surface area contributed by atoms with E-state index in [0.717, 1.165) is 29.1 Å². The third kappa shape index (κ3) is 3.45. The molecule has 0 aliphatic heterocycles. The van der Waals surface area contributed by atoms with Gasteiger partial charge in [-0.05, 0) is 63.6 Å². The van der Waals surface area contributed by atoms with Gasteiger partial charge in [-0.1, -0.05) is 0 Å². The molecular formula is C12H13BrIN3. The number of anilines is 1. The third-order valence-electron chi connectivity index (χ3n) is 2.53. The summed E-state index contributed by atoms with van der Waals surface area (Å²) in [6, 6.07) is 6.28. The van der Waals surface area contributed by atoms with Crippen LogP contribution in [0.4, 0.5) is 5.69 Å². The van der Waals surface area contributed by atoms with Crippen LogP contribution in [-0.2, 0) is 6.54 Å². The van der Waals surface area contributed by atoms with Crippen molar-refractivity contribution in [3.05, 3.63) is 44.5 Å². The molecule has 0 aliphatic carbocycles. The number of aromatic nitrogens is 2. The number of rotatable bonds is 4. The van der Waals surface area contributed by atoms with E-state index in [9.17, 15) is 0 Å². The molecule has 2 rings (SSSR count). The molecule has 0 radical (unpaired) electrons. The molecule has 0 atom stereocenters. The first-order chi connectivity index (χ1) is 8.16. The van der Waals surface area contributed by atoms with E-state index in [2.05, 4.69) is 71.6 Å². The van der Waals surface area contributed by atoms with Gasteiger partial charge in [0.15, 0.2) is 0 Å². The largest absolute Gasteiger partial charge is 0.383 e. The lowest BCUT2D eigenvalue weighted by atomic mass is 10.3. The highest BCUT2D eigenvalue weighted by atomic mass is 127. The van der Waals surface area contributed by atoms with E-state index in [1.54, 1.807) is 0 Å². The van der Waals surface area contributed by atoms with E-state index < -0.39 is 0 Å². The van der Waals surface area contributed by atoms with Crippen LogP contribution in [-0.4, -0.2) is 16.1 Å². The summed E-state index contributed by atoms with van der Waals surface area (Å²) in [5.41, 5.74) is 1.13. The van der Waals surface area contributed by atoms with Crippen molar-refractivity contribution in [2.45, 2.75) is 13.5 Å². The molecule has 0 saturated carbocycles. The van der Waals surface area contributed by atoms with Crippen molar-refractivity contribution in [3.63, 3.8) is 0 Å². The van der Waals surface area contributed by atoms with Gasteiger partial charge in [0.05, 0.1) is 0 Å². The van der Waals surface area contributed by atoms with E-state index in [0.29, 0.717) is 0 Å². The number of hydrogen-bond acceptors (Lipinski definition) is 2. The molecule has 0 unspecified atom stereocenters. The van der Waals surface area contributed by atoms with Crippen molar-refractivity contribution in [2.24, 2.45) is 0 Å². The van der Waals surface area contributed by atoms with Crippen molar-refractivity contribution in [1.29, 1.82) is 0 Å². The van der Waals surface area contributed by atoms with Gasteiger partial charge in [-0.3, -0.25) is 0 Å². The Morgan fingerprint density at radius 2 is 2.29 bits per heavy atom. The Labute approximate surface area is 123 Å². The number of imidazole rings is 1. The molecule has 0 saturated heterocycles. The smallest absolute Gasteiger partial charge is 0.105 e. The molecule has 0 bridgehead atoms. The van der Waals surface area contributed by atoms with E-state index in [-0.39, 0.29) is 0 Å². The Kier molecular flexibility index (Phi) is 4.44. The average Bonchev–Trinajstić information content (AvgIpc) is 2.70. The fraction of sp³-hybridized carbons (Fsp3) is 0.250. The molecule has 0 spiro atoms. The highest BCUT2D eigenvalue weighted by Crippen LogP contribution is 2.22. The highest BCUT2D eigenvalue weighted by molar-refractivity contribution is 14.1. The monoisotopic (exact) mass is 405 g/mol. The maximum absolute atomic E-state index is 4.19. The standard InChI is InChI=1S/C12H13BrIN3/c1-9-15-4-6-17(9)7-5-16-10-2-3-12(14)11(13)8-10/h2-4,6,8,16H,5,7H2,1H3. The Morgan fingerprint density at radius 3 is 2.94 bits per heavy atom. The van der Waals surface area contributed by atoms with Crippen LogP contribution in [0.15, 0.2) is 35.1 Å². The number of nitrogens with one attached hydrogen (secondary N) is 1. The van der Waals surface area contributed by atoms with Gasteiger partial charge in [0.1, 0.15) is 5.82 Å². The molecule has 90 valence electrons. The van der Waals surface area contributed by atoms with Gasteiger partial charge in [0.2, 0.25) is 0 Å². The molecule has 0 amide bonds. The van der Waals surface area contributed by atoms with Crippen LogP contribution < -0.4 is 5.32 Å². The molecule has 0 aliphatic rings. The van der Waals surface area contributed by atoms with Gasteiger partial charge in [-0.2, -0.15) is 0 Å². The predicted octanol–water partition coefficient (Wildman–Crippen LogP) is 3.67. The zero-order valence-corrected chi connectivity index (χ0v) is 13.2. The minimum Gasteiger partial charge on any atom is -0.383 e. The van der Waals surface area contributed by atoms with Gasteiger partial charge in [0.25, 0.3) is 0 Å². The first kappa shape index (κ1) is 12.9. The highest BCUT2D eigenvalue weighted by Gasteiger charge is 1.99. The Morgan fingerprint density at radius 1 is 1.47 bits per heavy atom. The Hall–Kier alpha value is -0.560. The molecule has 0 fully saturated rings. The molecular weight excluding hydrogens is 393 g/mol. The Balaban J connectivity index is 1.90. The summed E-state index contributed by atoms with van der Waals surface area (Å²) in [4.78, 5) is 4.19. The number of halogens is 2. The molecule has 1 N–H and O–H groups in total. The molecule has 2 aromatic rings. The fourth-order valence-corrected chi connectivity index (χ4v) is 2.28. The summed E-state index contributed by atoms with van der Waals surface area (Å²) in [5, 5.41) is 3.40. The molecule has 5 heteroatoms. The number of aryl methyl sites for hydroxylation is 1. The zero-order chi connectivity index (χ0) is 12.3. The lowest BCUT2D eigenvalue weighted by Gasteiger charge is -2.09. The minimum atomic E-state index is 0.893. The summed E-state index contributed by atoms with van der Waals surface area (Å²) in [6.45, 7) is 3.83. The summed E-state index contributed by atoms with van der Waals surface area (Å²) < 4.78 is 4.48. The van der Waals surface area contributed by atoms with Crippen LogP contribution >= 0.6 is 38.5 Å². The molecule has 3 nitrogen and oxygen atoms in total. The van der Waals surface area contributed by atoms with Gasteiger partial charge >= 0.3 is 0 Å². The first-order valence-corrected chi connectivity index (χ1v) is 7.20. The summed E-state index contributed by atoms with van der Waals surface area (Å²) in [6.07, 6.45) is 3.83. The number of nitrogens with zero attached hydrogens (tertiary/aromatic N) is 2. The fourth-order valence-electron chi connectivity index (χ4n) is 1.57. The van der Waals surface area contributed by atoms with E-state index in [4.69, 9.17) is 0 Å². The van der Waals surface area contributed by atoms with Crippen LogP contribution in [0, 0.1) is 10.5 Å². The SMILES string of the molecule is Cc1nccn1CCNc1ccc(I)c(Br)c1. The van der Waals surface area contributed by atoms with Gasteiger partial charge in [0, 0.05) is 39.2 Å². The minimum absolute atomic E-state index is 0.893. The summed E-state index contributed by atoms with van der Waals surface area (Å²) in [5.74, 6) is 1.05. The topological polar surface area (TPSA) is 29.9 Å². The van der Waals surface area contributed by atoms with E-state index >= 15 is 0 Å². The lowest BCUT2D eigenvalue weighted by Crippen LogP contribution is -2.11. The van der Waals surface area contributed by atoms with Crippen LogP contribution in [0.5, 0.6) is 0 Å². The molecule has 1 heterocycles. The second kappa shape index (κ2) is 5.86. The van der Waals surface area contributed by atoms with Crippen molar-refractivity contribution < 1.29 is 0 Å². The number of benzene rings is 1. The zero-order valence-electron chi connectivity index (χ0n) is 9.45. The van der Waals surface area contributed by atoms with Crippen molar-refractivity contribution in [3.8, 4) is 0 Å². The van der Waals surface area contributed by atoms with Crippen molar-refractivity contribution in [1.82, 2.24) is 9.55 Å². The maximum Gasteiger partial charge on any atom is 0.105 e. The maximum atomic E-state index is 4.19. The quantitative estimate of drug-likeness (QED) is 0.786. The van der Waals surface area contributed by atoms with Crippen LogP contribution in [0.2, 0.25) is 0 Å². The van der Waals surface area contributed by atoms with Crippen molar-refractivity contribution in [2.75, 3.05) is 11.9 Å². The lowest BCUT2D eigenvalue weighted by molar-refractivity contribution is 0.701. The van der Waals surface area contributed by atoms with Crippen LogP contribution in [0.1, 0.15) is 5.82 Å². The Bertz CT molecular complexity index is 510. The van der Waals surface area contributed by atoms with Gasteiger partial charge < -0.3 is 9.88 Å². The second-order valence-electron chi connectivity index (χ2n) is 3.72. The van der Waals surface area contributed by atoms with Gasteiger partial charge in [-0.25, -0.2) is 4.98 Å². The van der Waals surface area contributed by atoms with Crippen LogP contribution in [0.3, 0.4) is 0 Å². The normalized spacial score (nSPS) is 10.5. The second-order valence-corrected chi connectivity index (χ2v) is 5.74. The average molecular weight is 406 g/mol. The van der Waals surface area contributed by atoms with Crippen LogP contribution in [0.25, 0.3) is 0 Å². The third-order valence-corrected chi connectivity index (χ3v) is 4.86. The summed E-state index contributed by atoms with van der Waals surface area (Å²) >= 11 is 5.83. The first-order valence-electron chi connectivity index (χ1n) is 5.33. The molecule has 17 heavy (non-hydrogen) atoms.